The van der Waals surface area contributed by atoms with Crippen molar-refractivity contribution in [2.45, 2.75) is 11.0 Å². The predicted octanol–water partition coefficient (Wildman–Crippen LogP) is 1.20. The van der Waals surface area contributed by atoms with Crippen LogP contribution in [0.3, 0.4) is 0 Å². The zero-order valence-electron chi connectivity index (χ0n) is 4.02. The summed E-state index contributed by atoms with van der Waals surface area (Å²) < 4.78 is 5.37. The molecule has 0 aromatic carbocycles. The van der Waals surface area contributed by atoms with E-state index in [1.165, 1.54) is 0 Å². The van der Waals surface area contributed by atoms with Gasteiger partial charge in [-0.25, -0.2) is 4.99 Å². The van der Waals surface area contributed by atoms with E-state index in [9.17, 15) is 0 Å². The van der Waals surface area contributed by atoms with Gasteiger partial charge in [-0.15, -0.1) is 0 Å². The SMILES string of the molecule is CC1=NC(I)CO1. The molecule has 0 saturated heterocycles. The first kappa shape index (κ1) is 5.34. The van der Waals surface area contributed by atoms with Crippen LogP contribution in [0, 0.1) is 0 Å². The highest BCUT2D eigenvalue weighted by Crippen LogP contribution is 2.09. The van der Waals surface area contributed by atoms with Gasteiger partial charge in [0.2, 0.25) is 0 Å². The topological polar surface area (TPSA) is 21.6 Å². The lowest BCUT2D eigenvalue weighted by atomic mass is 10.7. The van der Waals surface area contributed by atoms with Crippen molar-refractivity contribution < 1.29 is 4.74 Å². The van der Waals surface area contributed by atoms with Crippen LogP contribution in [0.25, 0.3) is 0 Å². The number of aliphatic imine (C=N–C) groups is 1. The lowest BCUT2D eigenvalue weighted by Gasteiger charge is -1.89. The third-order valence-electron chi connectivity index (χ3n) is 0.752. The predicted molar refractivity (Wildman–Crippen MR) is 36.9 cm³/mol. The van der Waals surface area contributed by atoms with Gasteiger partial charge in [-0.3, -0.25) is 0 Å². The highest BCUT2D eigenvalue weighted by molar-refractivity contribution is 14.1. The maximum atomic E-state index is 5.01. The summed E-state index contributed by atoms with van der Waals surface area (Å²) in [6, 6.07) is 0. The van der Waals surface area contributed by atoms with Crippen molar-refractivity contribution in [2.75, 3.05) is 6.61 Å². The molecule has 0 N–H and O–H groups in total. The van der Waals surface area contributed by atoms with Crippen LogP contribution in [0.2, 0.25) is 0 Å². The lowest BCUT2D eigenvalue weighted by molar-refractivity contribution is 0.341. The minimum Gasteiger partial charge on any atom is -0.478 e. The molecule has 0 fully saturated rings. The van der Waals surface area contributed by atoms with Crippen molar-refractivity contribution in [1.82, 2.24) is 0 Å². The van der Waals surface area contributed by atoms with Gasteiger partial charge in [-0.2, -0.15) is 0 Å². The molecule has 2 nitrogen and oxygen atoms in total. The van der Waals surface area contributed by atoms with Crippen molar-refractivity contribution in [3.63, 3.8) is 0 Å². The smallest absolute Gasteiger partial charge is 0.181 e. The molecule has 0 spiro atoms. The molecule has 0 amide bonds. The molecule has 1 atom stereocenters. The highest BCUT2D eigenvalue weighted by atomic mass is 127. The van der Waals surface area contributed by atoms with Crippen molar-refractivity contribution in [1.29, 1.82) is 0 Å². The Balaban J connectivity index is 2.50. The summed E-state index contributed by atoms with van der Waals surface area (Å²) in [4.78, 5) is 4.07. The maximum Gasteiger partial charge on any atom is 0.181 e. The van der Waals surface area contributed by atoms with E-state index in [0.29, 0.717) is 4.05 Å². The van der Waals surface area contributed by atoms with Gasteiger partial charge < -0.3 is 4.74 Å². The molecule has 7 heavy (non-hydrogen) atoms. The average Bonchev–Trinajstić information content (AvgIpc) is 1.87. The summed E-state index contributed by atoms with van der Waals surface area (Å²) >= 11 is 2.23. The normalized spacial score (nSPS) is 29.4. The van der Waals surface area contributed by atoms with E-state index in [1.807, 2.05) is 6.92 Å². The molecule has 1 unspecified atom stereocenters. The standard InChI is InChI=1S/C4H6INO/c1-3-6-4(5)2-7-3/h4H,2H2,1H3. The zero-order valence-corrected chi connectivity index (χ0v) is 6.18. The number of nitrogens with zero attached hydrogens (tertiary/aromatic N) is 1. The van der Waals surface area contributed by atoms with E-state index in [4.69, 9.17) is 4.74 Å². The fraction of sp³-hybridized carbons (Fsp3) is 0.750. The summed E-state index contributed by atoms with van der Waals surface area (Å²) in [5.41, 5.74) is 0. The van der Waals surface area contributed by atoms with Gasteiger partial charge in [0.05, 0.1) is 0 Å². The Kier molecular flexibility index (Phi) is 1.51. The lowest BCUT2D eigenvalue weighted by Crippen LogP contribution is -1.94. The first-order valence-corrected chi connectivity index (χ1v) is 3.35. The molecule has 0 radical (unpaired) electrons. The minimum atomic E-state index is 0.359. The molecular formula is C4H6INO. The fourth-order valence-electron chi connectivity index (χ4n) is 0.461. The summed E-state index contributed by atoms with van der Waals surface area (Å²) in [5.74, 6) is 0.819. The number of alkyl halides is 1. The van der Waals surface area contributed by atoms with E-state index >= 15 is 0 Å². The largest absolute Gasteiger partial charge is 0.478 e. The summed E-state index contributed by atoms with van der Waals surface area (Å²) in [7, 11) is 0. The van der Waals surface area contributed by atoms with E-state index in [0.717, 1.165) is 12.5 Å². The quantitative estimate of drug-likeness (QED) is 0.335. The Hall–Kier alpha value is 0.200. The van der Waals surface area contributed by atoms with Crippen molar-refractivity contribution in [3.8, 4) is 0 Å². The third-order valence-corrected chi connectivity index (χ3v) is 1.39. The summed E-state index contributed by atoms with van der Waals surface area (Å²) in [6.07, 6.45) is 0. The molecule has 0 bridgehead atoms. The Morgan fingerprint density at radius 2 is 2.71 bits per heavy atom. The number of ether oxygens (including phenoxy) is 1. The van der Waals surface area contributed by atoms with Gasteiger partial charge in [0.1, 0.15) is 10.7 Å². The van der Waals surface area contributed by atoms with Crippen molar-refractivity contribution >= 4 is 28.5 Å². The van der Waals surface area contributed by atoms with Gasteiger partial charge >= 0.3 is 0 Å². The molecule has 1 heterocycles. The molecule has 0 aliphatic carbocycles. The third kappa shape index (κ3) is 1.29. The monoisotopic (exact) mass is 211 g/mol. The van der Waals surface area contributed by atoms with Gasteiger partial charge in [-0.1, -0.05) is 22.6 Å². The van der Waals surface area contributed by atoms with Crippen LogP contribution in [-0.4, -0.2) is 16.6 Å². The Morgan fingerprint density at radius 3 is 2.86 bits per heavy atom. The Morgan fingerprint density at radius 1 is 2.00 bits per heavy atom. The Labute approximate surface area is 56.1 Å². The van der Waals surface area contributed by atoms with Crippen LogP contribution >= 0.6 is 22.6 Å². The summed E-state index contributed by atoms with van der Waals surface area (Å²) in [5, 5.41) is 0. The molecule has 40 valence electrons. The minimum absolute atomic E-state index is 0.359. The van der Waals surface area contributed by atoms with E-state index in [-0.39, 0.29) is 0 Å². The maximum absolute atomic E-state index is 5.01. The number of rotatable bonds is 0. The first-order valence-electron chi connectivity index (χ1n) is 2.10. The second-order valence-corrected chi connectivity index (χ2v) is 2.83. The fourth-order valence-corrected chi connectivity index (χ4v) is 1.03. The van der Waals surface area contributed by atoms with Gasteiger partial charge in [0.25, 0.3) is 0 Å². The van der Waals surface area contributed by atoms with Crippen LogP contribution in [0.5, 0.6) is 0 Å². The van der Waals surface area contributed by atoms with Gasteiger partial charge in [0, 0.05) is 6.92 Å². The van der Waals surface area contributed by atoms with Crippen LogP contribution in [0.15, 0.2) is 4.99 Å². The Bertz CT molecular complexity index is 102. The summed E-state index contributed by atoms with van der Waals surface area (Å²) in [6.45, 7) is 2.63. The molecular weight excluding hydrogens is 205 g/mol. The van der Waals surface area contributed by atoms with Crippen molar-refractivity contribution in [3.05, 3.63) is 0 Å². The van der Waals surface area contributed by atoms with E-state index < -0.39 is 0 Å². The average molecular weight is 211 g/mol. The molecule has 1 aliphatic rings. The second-order valence-electron chi connectivity index (χ2n) is 1.39. The zero-order chi connectivity index (χ0) is 5.28. The molecule has 1 rings (SSSR count). The first-order chi connectivity index (χ1) is 3.29. The molecule has 0 saturated carbocycles. The van der Waals surface area contributed by atoms with Gasteiger partial charge in [0.15, 0.2) is 5.90 Å². The molecule has 0 aromatic rings. The van der Waals surface area contributed by atoms with Crippen LogP contribution in [0.1, 0.15) is 6.92 Å². The highest BCUT2D eigenvalue weighted by Gasteiger charge is 2.09. The van der Waals surface area contributed by atoms with Crippen molar-refractivity contribution in [2.24, 2.45) is 4.99 Å². The second kappa shape index (κ2) is 1.98. The number of hydrogen-bond acceptors (Lipinski definition) is 2. The number of halogens is 1. The van der Waals surface area contributed by atoms with Crippen LogP contribution in [0.4, 0.5) is 0 Å². The van der Waals surface area contributed by atoms with E-state index in [2.05, 4.69) is 27.6 Å². The van der Waals surface area contributed by atoms with Gasteiger partial charge in [-0.05, 0) is 0 Å². The van der Waals surface area contributed by atoms with Crippen LogP contribution < -0.4 is 0 Å². The number of hydrogen-bond donors (Lipinski definition) is 0. The molecule has 1 aliphatic heterocycles. The molecule has 0 aromatic heterocycles. The molecule has 3 heteroatoms. The van der Waals surface area contributed by atoms with E-state index in [1.54, 1.807) is 0 Å². The van der Waals surface area contributed by atoms with Crippen LogP contribution in [-0.2, 0) is 4.74 Å².